The summed E-state index contributed by atoms with van der Waals surface area (Å²) in [5.41, 5.74) is 2.88. The van der Waals surface area contributed by atoms with Crippen LogP contribution in [0.4, 0.5) is 0 Å². The van der Waals surface area contributed by atoms with Crippen molar-refractivity contribution in [3.63, 3.8) is 0 Å². The molecule has 0 aliphatic rings. The van der Waals surface area contributed by atoms with Crippen LogP contribution in [0.3, 0.4) is 0 Å². The van der Waals surface area contributed by atoms with Gasteiger partial charge >= 0.3 is 0 Å². The van der Waals surface area contributed by atoms with Crippen molar-refractivity contribution in [1.29, 1.82) is 0 Å². The quantitative estimate of drug-likeness (QED) is 0.477. The monoisotopic (exact) mass is 359 g/mol. The van der Waals surface area contributed by atoms with E-state index in [-0.39, 0.29) is 0 Å². The fourth-order valence-corrected chi connectivity index (χ4v) is 3.18. The lowest BCUT2D eigenvalue weighted by molar-refractivity contribution is 0.414. The molecule has 128 valence electrons. The van der Waals surface area contributed by atoms with Gasteiger partial charge in [-0.15, -0.1) is 5.10 Å². The van der Waals surface area contributed by atoms with E-state index in [2.05, 4.69) is 0 Å². The van der Waals surface area contributed by atoms with Crippen LogP contribution in [-0.4, -0.2) is 21.5 Å². The normalized spacial score (nSPS) is 10.7. The summed E-state index contributed by atoms with van der Waals surface area (Å²) < 4.78 is 9.66. The highest BCUT2D eigenvalue weighted by molar-refractivity contribution is 7.71. The Balaban J connectivity index is 1.96. The lowest BCUT2D eigenvalue weighted by Crippen LogP contribution is -1.99. The van der Waals surface area contributed by atoms with Crippen molar-refractivity contribution in [2.24, 2.45) is 0 Å². The fourth-order valence-electron chi connectivity index (χ4n) is 2.84. The molecule has 5 heteroatoms. The van der Waals surface area contributed by atoms with Gasteiger partial charge < -0.3 is 4.74 Å². The predicted octanol–water partition coefficient (Wildman–Crippen LogP) is 5.07. The summed E-state index contributed by atoms with van der Waals surface area (Å²) in [5, 5.41) is 4.81. The summed E-state index contributed by atoms with van der Waals surface area (Å²) in [7, 11) is 1.66. The van der Waals surface area contributed by atoms with Crippen molar-refractivity contribution in [1.82, 2.24) is 14.3 Å². The number of para-hydroxylation sites is 1. The van der Waals surface area contributed by atoms with E-state index in [1.165, 1.54) is 0 Å². The first-order chi connectivity index (χ1) is 12.8. The number of ether oxygens (including phenoxy) is 1. The lowest BCUT2D eigenvalue weighted by atomic mass is 10.2. The van der Waals surface area contributed by atoms with E-state index < -0.39 is 0 Å². The number of rotatable bonds is 4. The molecule has 0 N–H and O–H groups in total. The molecule has 0 saturated heterocycles. The van der Waals surface area contributed by atoms with Gasteiger partial charge in [-0.05, 0) is 48.6 Å². The molecule has 0 atom stereocenters. The van der Waals surface area contributed by atoms with Crippen LogP contribution in [0.25, 0.3) is 22.8 Å². The number of nitrogens with zero attached hydrogens (tertiary/aromatic N) is 3. The summed E-state index contributed by atoms with van der Waals surface area (Å²) in [6, 6.07) is 27.8. The van der Waals surface area contributed by atoms with Gasteiger partial charge in [0.1, 0.15) is 5.75 Å². The van der Waals surface area contributed by atoms with Crippen LogP contribution in [0.5, 0.6) is 5.75 Å². The molecule has 26 heavy (non-hydrogen) atoms. The summed E-state index contributed by atoms with van der Waals surface area (Å²) in [4.78, 5) is 0. The van der Waals surface area contributed by atoms with Gasteiger partial charge in [-0.3, -0.25) is 4.57 Å². The van der Waals surface area contributed by atoms with Gasteiger partial charge in [0.2, 0.25) is 4.77 Å². The molecular formula is C21H17N3OS. The first kappa shape index (κ1) is 16.3. The molecule has 0 radical (unpaired) electrons. The van der Waals surface area contributed by atoms with Gasteiger partial charge in [0.25, 0.3) is 0 Å². The molecule has 0 amide bonds. The summed E-state index contributed by atoms with van der Waals surface area (Å²) in [6.07, 6.45) is 0. The van der Waals surface area contributed by atoms with Crippen LogP contribution >= 0.6 is 12.2 Å². The molecule has 4 nitrogen and oxygen atoms in total. The highest BCUT2D eigenvalue weighted by Crippen LogP contribution is 2.25. The van der Waals surface area contributed by atoms with Crippen molar-refractivity contribution >= 4 is 12.2 Å². The van der Waals surface area contributed by atoms with Crippen molar-refractivity contribution in [3.05, 3.63) is 89.7 Å². The zero-order valence-electron chi connectivity index (χ0n) is 14.2. The highest BCUT2D eigenvalue weighted by Gasteiger charge is 2.15. The lowest BCUT2D eigenvalue weighted by Gasteiger charge is -2.08. The Morgan fingerprint density at radius 2 is 1.38 bits per heavy atom. The van der Waals surface area contributed by atoms with E-state index in [0.29, 0.717) is 4.77 Å². The molecule has 0 unspecified atom stereocenters. The van der Waals surface area contributed by atoms with Gasteiger partial charge in [0.15, 0.2) is 5.82 Å². The van der Waals surface area contributed by atoms with E-state index >= 15 is 0 Å². The van der Waals surface area contributed by atoms with Gasteiger partial charge in [-0.25, -0.2) is 4.68 Å². The molecule has 0 fully saturated rings. The predicted molar refractivity (Wildman–Crippen MR) is 106 cm³/mol. The number of hydrogen-bond acceptors (Lipinski definition) is 3. The van der Waals surface area contributed by atoms with Gasteiger partial charge in [-0.1, -0.05) is 48.5 Å². The second kappa shape index (κ2) is 6.98. The van der Waals surface area contributed by atoms with Crippen LogP contribution in [0.1, 0.15) is 0 Å². The zero-order valence-corrected chi connectivity index (χ0v) is 15.1. The van der Waals surface area contributed by atoms with Crippen LogP contribution < -0.4 is 4.74 Å². The Morgan fingerprint density at radius 1 is 0.769 bits per heavy atom. The summed E-state index contributed by atoms with van der Waals surface area (Å²) in [5.74, 6) is 1.60. The summed E-state index contributed by atoms with van der Waals surface area (Å²) in [6.45, 7) is 0. The Labute approximate surface area is 156 Å². The third kappa shape index (κ3) is 2.93. The Kier molecular flexibility index (Phi) is 4.37. The SMILES string of the molecule is COc1ccc(-n2c(-c3ccccc3)nn(-c3ccccc3)c2=S)cc1. The van der Waals surface area contributed by atoms with E-state index in [0.717, 1.165) is 28.5 Å². The molecule has 0 aliphatic heterocycles. The van der Waals surface area contributed by atoms with E-state index in [9.17, 15) is 0 Å². The maximum Gasteiger partial charge on any atom is 0.207 e. The average molecular weight is 359 g/mol. The Bertz CT molecular complexity index is 1070. The maximum atomic E-state index is 5.77. The first-order valence-electron chi connectivity index (χ1n) is 8.25. The van der Waals surface area contributed by atoms with Crippen LogP contribution in [0.2, 0.25) is 0 Å². The smallest absolute Gasteiger partial charge is 0.207 e. The molecule has 1 heterocycles. The molecule has 0 saturated carbocycles. The maximum absolute atomic E-state index is 5.77. The van der Waals surface area contributed by atoms with Crippen LogP contribution in [0.15, 0.2) is 84.9 Å². The fraction of sp³-hybridized carbons (Fsp3) is 0.0476. The Hall–Kier alpha value is -3.18. The van der Waals surface area contributed by atoms with Crippen molar-refractivity contribution in [2.75, 3.05) is 7.11 Å². The minimum atomic E-state index is 0.611. The van der Waals surface area contributed by atoms with Crippen molar-refractivity contribution in [3.8, 4) is 28.5 Å². The second-order valence-corrected chi connectivity index (χ2v) is 6.12. The second-order valence-electron chi connectivity index (χ2n) is 5.75. The molecule has 4 rings (SSSR count). The number of aromatic nitrogens is 3. The largest absolute Gasteiger partial charge is 0.497 e. The van der Waals surface area contributed by atoms with Gasteiger partial charge in [0, 0.05) is 5.56 Å². The molecule has 3 aromatic carbocycles. The molecule has 4 aromatic rings. The topological polar surface area (TPSA) is 32.0 Å². The molecule has 0 aliphatic carbocycles. The number of benzene rings is 3. The first-order valence-corrected chi connectivity index (χ1v) is 8.66. The molecular weight excluding hydrogens is 342 g/mol. The van der Waals surface area contributed by atoms with Crippen LogP contribution in [-0.2, 0) is 0 Å². The standard InChI is InChI=1S/C21H17N3OS/c1-25-19-14-12-17(13-15-19)23-20(16-8-4-2-5-9-16)22-24(21(23)26)18-10-6-3-7-11-18/h2-15H,1H3. The van der Waals surface area contributed by atoms with E-state index in [4.69, 9.17) is 22.1 Å². The van der Waals surface area contributed by atoms with E-state index in [1.807, 2.05) is 89.5 Å². The molecule has 0 bridgehead atoms. The molecule has 0 spiro atoms. The average Bonchev–Trinajstić information content (AvgIpc) is 3.06. The van der Waals surface area contributed by atoms with E-state index in [1.54, 1.807) is 11.8 Å². The highest BCUT2D eigenvalue weighted by atomic mass is 32.1. The summed E-state index contributed by atoms with van der Waals surface area (Å²) >= 11 is 5.77. The third-order valence-corrected chi connectivity index (χ3v) is 4.50. The van der Waals surface area contributed by atoms with Crippen molar-refractivity contribution < 1.29 is 4.74 Å². The third-order valence-electron chi connectivity index (χ3n) is 4.14. The Morgan fingerprint density at radius 3 is 2.00 bits per heavy atom. The van der Waals surface area contributed by atoms with Crippen LogP contribution in [0, 0.1) is 4.77 Å². The zero-order chi connectivity index (χ0) is 17.9. The number of hydrogen-bond donors (Lipinski definition) is 0. The van der Waals surface area contributed by atoms with Crippen molar-refractivity contribution in [2.45, 2.75) is 0 Å². The minimum Gasteiger partial charge on any atom is -0.497 e. The number of methoxy groups -OCH3 is 1. The van der Waals surface area contributed by atoms with Gasteiger partial charge in [-0.2, -0.15) is 0 Å². The van der Waals surface area contributed by atoms with Gasteiger partial charge in [0.05, 0.1) is 18.5 Å². The molecule has 1 aromatic heterocycles. The minimum absolute atomic E-state index is 0.611.